The van der Waals surface area contributed by atoms with Gasteiger partial charge in [-0.1, -0.05) is 40.1 Å². The molecule has 0 saturated carbocycles. The Labute approximate surface area is 588 Å². The standard InChI is InChI=1S/C25H29N7S.C24H28N8S.C24H29N7OS/c1-24(2)10-18(11-25(3,4)30-24)32(6)23-28-20-13-27-19(9-21(20)33-23)15-7-16(12-26)22-17(8-15)14-31(5)29-22;1-23(2)10-17(11-24(3,4)30-23)32(6)22-26-21-19(33-22)9-18(27-28-21)14-7-15(12-25)20-16(8-14)13-31(5)29-20;1-23(2)10-16(11-24(3,4)30-23)31(5)22-27-21-20(33-22)9-18(28-29-21)17-7-6-14(8-19(17)32)15-12-25-26-13-15/h7-9,13-14,18,30H,10-11H2,1-6H3;7-9,13,17,30H,10-11H2,1-6H3;6-9,12-13,16,30,32H,10-11H2,1-5H3,(H,25,26). The summed E-state index contributed by atoms with van der Waals surface area (Å²) in [7, 11) is 10.1. The van der Waals surface area contributed by atoms with Gasteiger partial charge >= 0.3 is 0 Å². The molecule has 0 amide bonds. The Morgan fingerprint density at radius 1 is 0.495 bits per heavy atom. The first-order valence-corrected chi connectivity index (χ1v) is 35.8. The monoisotopic (exact) mass is 1380 g/mol. The van der Waals surface area contributed by atoms with Crippen LogP contribution in [0.4, 0.5) is 15.4 Å². The number of rotatable bonds is 10. The lowest BCUT2D eigenvalue weighted by molar-refractivity contribution is 0.160. The molecule has 0 atom stereocenters. The molecular weight excluding hydrogens is 1300 g/mol. The van der Waals surface area contributed by atoms with E-state index in [1.165, 1.54) is 0 Å². The van der Waals surface area contributed by atoms with Gasteiger partial charge in [0.25, 0.3) is 0 Å². The summed E-state index contributed by atoms with van der Waals surface area (Å²) in [6.07, 6.45) is 15.5. The molecule has 23 nitrogen and oxygen atoms in total. The first-order chi connectivity index (χ1) is 46.7. The van der Waals surface area contributed by atoms with Crippen LogP contribution in [0.1, 0.15) is 133 Å². The van der Waals surface area contributed by atoms with Gasteiger partial charge in [-0.25, -0.2) is 4.98 Å². The van der Waals surface area contributed by atoms with Crippen LogP contribution in [0, 0.1) is 22.7 Å². The third-order valence-electron chi connectivity index (χ3n) is 19.0. The van der Waals surface area contributed by atoms with E-state index in [0.29, 0.717) is 57.3 Å². The molecule has 3 aromatic carbocycles. The number of aromatic hydroxyl groups is 1. The average molecular weight is 1380 g/mol. The van der Waals surface area contributed by atoms with E-state index in [1.54, 1.807) is 61.8 Å². The van der Waals surface area contributed by atoms with E-state index >= 15 is 0 Å². The molecule has 512 valence electrons. The summed E-state index contributed by atoms with van der Waals surface area (Å²) in [5.41, 5.74) is 11.5. The van der Waals surface area contributed by atoms with Crippen LogP contribution >= 0.6 is 34.0 Å². The van der Waals surface area contributed by atoms with Crippen molar-refractivity contribution in [3.8, 4) is 62.8 Å². The quantitative estimate of drug-likeness (QED) is 0.0850. The van der Waals surface area contributed by atoms with Gasteiger partial charge in [-0.05, 0) is 182 Å². The molecular formula is C73H86N22OS3. The van der Waals surface area contributed by atoms with Gasteiger partial charge in [-0.2, -0.15) is 35.8 Å². The van der Waals surface area contributed by atoms with Crippen molar-refractivity contribution in [1.82, 2.24) is 86.0 Å². The van der Waals surface area contributed by atoms with Crippen LogP contribution in [0.25, 0.3) is 97.6 Å². The number of hydrogen-bond acceptors (Lipinski definition) is 23. The Morgan fingerprint density at radius 3 is 1.36 bits per heavy atom. The van der Waals surface area contributed by atoms with Crippen molar-refractivity contribution in [2.24, 2.45) is 14.1 Å². The SMILES string of the molecule is CN(c1nc2cnc(-c3cc(C#N)c4nn(C)cc4c3)cc2s1)C1CC(C)(C)NC(C)(C)C1.CN(c1nc2nnc(-c3cc(C#N)c4nn(C)cc4c3)cc2s1)C1CC(C)(C)NC(C)(C)C1.CN(c1nc2nnc(-c3ccc(-c4cn[nH]c4)cc3O)cc2s1)C1CC(C)(C)NC(C)(C)C1. The van der Waals surface area contributed by atoms with Crippen LogP contribution in [0.2, 0.25) is 0 Å². The number of benzene rings is 3. The second-order valence-electron chi connectivity index (χ2n) is 31.0. The fourth-order valence-corrected chi connectivity index (χ4v) is 18.5. The molecule has 9 aromatic heterocycles. The van der Waals surface area contributed by atoms with Crippen molar-refractivity contribution in [3.05, 3.63) is 103 Å². The number of nitrogens with one attached hydrogen (secondary N) is 4. The number of fused-ring (bicyclic) bond motifs is 5. The molecule has 12 heterocycles. The molecule has 99 heavy (non-hydrogen) atoms. The average Bonchev–Trinajstić information content (AvgIpc) is 1.77. The largest absolute Gasteiger partial charge is 0.507 e. The van der Waals surface area contributed by atoms with Crippen LogP contribution in [-0.2, 0) is 14.1 Å². The van der Waals surface area contributed by atoms with Crippen molar-refractivity contribution < 1.29 is 5.11 Å². The topological polar surface area (TPSA) is 281 Å². The fraction of sp³-hybridized carbons (Fsp3) is 0.438. The summed E-state index contributed by atoms with van der Waals surface area (Å²) in [6, 6.07) is 25.0. The zero-order valence-electron chi connectivity index (χ0n) is 59.4. The minimum atomic E-state index is 0.0600. The maximum Gasteiger partial charge on any atom is 0.194 e. The number of piperidine rings is 3. The fourth-order valence-electron chi connectivity index (χ4n) is 15.6. The van der Waals surface area contributed by atoms with Gasteiger partial charge in [0.15, 0.2) is 26.7 Å². The number of H-pyrrole nitrogens is 1. The van der Waals surface area contributed by atoms with Gasteiger partial charge < -0.3 is 35.8 Å². The number of phenols is 1. The van der Waals surface area contributed by atoms with E-state index in [0.717, 1.165) is 123 Å². The molecule has 0 aliphatic carbocycles. The molecule has 5 N–H and O–H groups in total. The summed E-state index contributed by atoms with van der Waals surface area (Å²) >= 11 is 4.95. The molecule has 15 rings (SSSR count). The lowest BCUT2D eigenvalue weighted by Gasteiger charge is -2.49. The molecule has 3 aliphatic rings. The van der Waals surface area contributed by atoms with Crippen LogP contribution in [0.15, 0.2) is 91.6 Å². The highest BCUT2D eigenvalue weighted by molar-refractivity contribution is 7.23. The van der Waals surface area contributed by atoms with E-state index in [-0.39, 0.29) is 39.0 Å². The lowest BCUT2D eigenvalue weighted by Crippen LogP contribution is -2.61. The third-order valence-corrected chi connectivity index (χ3v) is 22.3. The number of anilines is 3. The highest BCUT2D eigenvalue weighted by Gasteiger charge is 2.43. The Bertz CT molecular complexity index is 4850. The number of phenolic OH excluding ortho intramolecular Hbond substituents is 1. The van der Waals surface area contributed by atoms with Gasteiger partial charge in [0.2, 0.25) is 0 Å². The van der Waals surface area contributed by atoms with Gasteiger partial charge in [0.05, 0.1) is 54.7 Å². The van der Waals surface area contributed by atoms with Crippen molar-refractivity contribution in [1.29, 1.82) is 10.5 Å². The number of thiazole rings is 3. The molecule has 0 unspecified atom stereocenters. The Kier molecular flexibility index (Phi) is 17.6. The number of hydrogen-bond donors (Lipinski definition) is 5. The van der Waals surface area contributed by atoms with E-state index in [9.17, 15) is 15.6 Å². The highest BCUT2D eigenvalue weighted by Crippen LogP contribution is 2.42. The van der Waals surface area contributed by atoms with Crippen LogP contribution in [-0.4, -0.2) is 148 Å². The summed E-state index contributed by atoms with van der Waals surface area (Å²) in [6.45, 7) is 27.2. The number of aryl methyl sites for hydroxylation is 2. The lowest BCUT2D eigenvalue weighted by atomic mass is 9.79. The number of aromatic amines is 1. The zero-order valence-corrected chi connectivity index (χ0v) is 61.8. The van der Waals surface area contributed by atoms with Crippen LogP contribution in [0.5, 0.6) is 5.75 Å². The maximum atomic E-state index is 10.7. The molecule has 3 saturated heterocycles. The van der Waals surface area contributed by atoms with Gasteiger partial charge in [0, 0.05) is 138 Å². The van der Waals surface area contributed by atoms with Crippen molar-refractivity contribution in [2.75, 3.05) is 35.8 Å². The van der Waals surface area contributed by atoms with Gasteiger partial charge in [0.1, 0.15) is 34.4 Å². The Hall–Kier alpha value is -9.15. The Morgan fingerprint density at radius 2 is 0.919 bits per heavy atom. The van der Waals surface area contributed by atoms with E-state index < -0.39 is 0 Å². The molecule has 26 heteroatoms. The molecule has 0 spiro atoms. The minimum absolute atomic E-state index is 0.0600. The summed E-state index contributed by atoms with van der Waals surface area (Å²) in [5, 5.41) is 79.0. The normalized spacial score (nSPS) is 18.0. The minimum Gasteiger partial charge on any atom is -0.507 e. The first-order valence-electron chi connectivity index (χ1n) is 33.4. The molecule has 3 fully saturated rings. The smallest absolute Gasteiger partial charge is 0.194 e. The predicted octanol–water partition coefficient (Wildman–Crippen LogP) is 13.7. The summed E-state index contributed by atoms with van der Waals surface area (Å²) in [4.78, 5) is 26.1. The van der Waals surface area contributed by atoms with Gasteiger partial charge in [-0.3, -0.25) is 19.4 Å². The zero-order chi connectivity index (χ0) is 70.5. The molecule has 0 bridgehead atoms. The number of pyridine rings is 1. The molecule has 0 radical (unpaired) electrons. The molecule has 3 aliphatic heterocycles. The number of nitrogens with zero attached hydrogens (tertiary/aromatic N) is 18. The third kappa shape index (κ3) is 14.7. The summed E-state index contributed by atoms with van der Waals surface area (Å²) in [5.74, 6) is 0.156. The highest BCUT2D eigenvalue weighted by atomic mass is 32.1. The summed E-state index contributed by atoms with van der Waals surface area (Å²) < 4.78 is 6.49. The van der Waals surface area contributed by atoms with E-state index in [1.807, 2.05) is 81.2 Å². The van der Waals surface area contributed by atoms with Crippen LogP contribution in [0.3, 0.4) is 0 Å². The second kappa shape index (κ2) is 25.5. The molecule has 12 aromatic rings. The van der Waals surface area contributed by atoms with Gasteiger partial charge in [-0.15, -0.1) is 20.4 Å². The number of nitriles is 2. The first kappa shape index (κ1) is 68.4. The van der Waals surface area contributed by atoms with Crippen LogP contribution < -0.4 is 30.7 Å². The van der Waals surface area contributed by atoms with E-state index in [2.05, 4.69) is 199 Å². The maximum absolute atomic E-state index is 10.7. The van der Waals surface area contributed by atoms with E-state index in [4.69, 9.17) is 15.0 Å². The van der Waals surface area contributed by atoms with Crippen molar-refractivity contribution in [2.45, 2.75) is 173 Å². The van der Waals surface area contributed by atoms with Crippen molar-refractivity contribution in [3.63, 3.8) is 0 Å². The van der Waals surface area contributed by atoms with Crippen molar-refractivity contribution >= 4 is 102 Å². The Balaban J connectivity index is 0.000000133. The second-order valence-corrected chi connectivity index (χ2v) is 34.1. The predicted molar refractivity (Wildman–Crippen MR) is 400 cm³/mol. The number of aromatic nitrogens is 14.